The summed E-state index contributed by atoms with van der Waals surface area (Å²) in [7, 11) is 0. The summed E-state index contributed by atoms with van der Waals surface area (Å²) in [6.07, 6.45) is 0.445. The lowest BCUT2D eigenvalue weighted by atomic mass is 9.98. The van der Waals surface area contributed by atoms with E-state index in [1.54, 1.807) is 0 Å². The molecule has 0 saturated carbocycles. The van der Waals surface area contributed by atoms with E-state index in [1.165, 1.54) is 0 Å². The van der Waals surface area contributed by atoms with Gasteiger partial charge >= 0.3 is 0 Å². The molecule has 4 N–H and O–H groups in total. The Labute approximate surface area is 79.6 Å². The SMILES string of the molecule is O=C1NCCc2c1cc(O)c(O)c2O. The van der Waals surface area contributed by atoms with E-state index in [0.29, 0.717) is 18.5 Å². The van der Waals surface area contributed by atoms with Gasteiger partial charge < -0.3 is 20.6 Å². The van der Waals surface area contributed by atoms with Gasteiger partial charge in [0, 0.05) is 12.1 Å². The lowest BCUT2D eigenvalue weighted by Gasteiger charge is -2.18. The van der Waals surface area contributed by atoms with Crippen LogP contribution in [0.25, 0.3) is 0 Å². The molecule has 5 heteroatoms. The van der Waals surface area contributed by atoms with Crippen LogP contribution in [0.2, 0.25) is 0 Å². The Morgan fingerprint density at radius 2 is 1.93 bits per heavy atom. The quantitative estimate of drug-likeness (QED) is 0.441. The smallest absolute Gasteiger partial charge is 0.251 e. The van der Waals surface area contributed by atoms with Gasteiger partial charge in [-0.25, -0.2) is 0 Å². The van der Waals surface area contributed by atoms with Crippen molar-refractivity contribution in [2.24, 2.45) is 0 Å². The molecule has 0 aromatic heterocycles. The first-order valence-electron chi connectivity index (χ1n) is 4.16. The highest BCUT2D eigenvalue weighted by atomic mass is 16.3. The molecule has 2 rings (SSSR count). The monoisotopic (exact) mass is 195 g/mol. The Morgan fingerprint density at radius 3 is 2.64 bits per heavy atom. The fourth-order valence-electron chi connectivity index (χ4n) is 1.54. The molecule has 5 nitrogen and oxygen atoms in total. The summed E-state index contributed by atoms with van der Waals surface area (Å²) in [4.78, 5) is 11.3. The van der Waals surface area contributed by atoms with Crippen molar-refractivity contribution >= 4 is 5.91 Å². The van der Waals surface area contributed by atoms with Crippen molar-refractivity contribution in [3.63, 3.8) is 0 Å². The molecule has 1 aliphatic rings. The van der Waals surface area contributed by atoms with Gasteiger partial charge in [0.05, 0.1) is 5.56 Å². The summed E-state index contributed by atoms with van der Waals surface area (Å²) in [5.74, 6) is -1.82. The second-order valence-electron chi connectivity index (χ2n) is 3.12. The van der Waals surface area contributed by atoms with Crippen molar-refractivity contribution in [1.82, 2.24) is 5.32 Å². The maximum absolute atomic E-state index is 11.3. The average molecular weight is 195 g/mol. The van der Waals surface area contributed by atoms with Crippen molar-refractivity contribution in [2.45, 2.75) is 6.42 Å². The third-order valence-electron chi connectivity index (χ3n) is 2.26. The zero-order valence-corrected chi connectivity index (χ0v) is 7.24. The van der Waals surface area contributed by atoms with Crippen molar-refractivity contribution in [3.05, 3.63) is 17.2 Å². The molecular formula is C9H9NO4. The summed E-state index contributed by atoms with van der Waals surface area (Å²) in [6, 6.07) is 1.15. The molecule has 0 bridgehead atoms. The van der Waals surface area contributed by atoms with Crippen molar-refractivity contribution < 1.29 is 20.1 Å². The first-order valence-corrected chi connectivity index (χ1v) is 4.16. The Morgan fingerprint density at radius 1 is 1.21 bits per heavy atom. The average Bonchev–Trinajstić information content (AvgIpc) is 2.17. The van der Waals surface area contributed by atoms with Crippen molar-refractivity contribution in [3.8, 4) is 17.2 Å². The minimum Gasteiger partial charge on any atom is -0.504 e. The number of phenols is 3. The van der Waals surface area contributed by atoms with E-state index in [1.807, 2.05) is 0 Å². The van der Waals surface area contributed by atoms with Gasteiger partial charge in [0.2, 0.25) is 5.75 Å². The van der Waals surface area contributed by atoms with Crippen LogP contribution in [0, 0.1) is 0 Å². The largest absolute Gasteiger partial charge is 0.504 e. The first kappa shape index (κ1) is 8.68. The van der Waals surface area contributed by atoms with Gasteiger partial charge in [0.25, 0.3) is 5.91 Å². The third kappa shape index (κ3) is 1.06. The molecule has 14 heavy (non-hydrogen) atoms. The number of carbonyl (C=O) groups is 1. The normalized spacial score (nSPS) is 14.7. The van der Waals surface area contributed by atoms with Crippen LogP contribution >= 0.6 is 0 Å². The topological polar surface area (TPSA) is 89.8 Å². The fourth-order valence-corrected chi connectivity index (χ4v) is 1.54. The molecule has 0 fully saturated rings. The van der Waals surface area contributed by atoms with Crippen LogP contribution in [0.3, 0.4) is 0 Å². The second kappa shape index (κ2) is 2.80. The highest BCUT2D eigenvalue weighted by Crippen LogP contribution is 2.40. The zero-order chi connectivity index (χ0) is 10.3. The Balaban J connectivity index is 2.69. The molecule has 1 amide bonds. The van der Waals surface area contributed by atoms with Gasteiger partial charge in [-0.3, -0.25) is 4.79 Å². The maximum Gasteiger partial charge on any atom is 0.251 e. The number of hydrogen-bond acceptors (Lipinski definition) is 4. The van der Waals surface area contributed by atoms with Gasteiger partial charge in [0.15, 0.2) is 11.5 Å². The van der Waals surface area contributed by atoms with Gasteiger partial charge in [-0.15, -0.1) is 0 Å². The van der Waals surface area contributed by atoms with Gasteiger partial charge in [-0.1, -0.05) is 0 Å². The third-order valence-corrected chi connectivity index (χ3v) is 2.26. The van der Waals surface area contributed by atoms with E-state index in [-0.39, 0.29) is 11.5 Å². The summed E-state index contributed by atoms with van der Waals surface area (Å²) in [5.41, 5.74) is 0.591. The molecule has 0 radical (unpaired) electrons. The number of rotatable bonds is 0. The first-order chi connectivity index (χ1) is 6.61. The molecule has 0 atom stereocenters. The van der Waals surface area contributed by atoms with Crippen LogP contribution in [0.5, 0.6) is 17.2 Å². The van der Waals surface area contributed by atoms with Crippen LogP contribution in [0.15, 0.2) is 6.07 Å². The van der Waals surface area contributed by atoms with Gasteiger partial charge in [0.1, 0.15) is 0 Å². The van der Waals surface area contributed by atoms with Gasteiger partial charge in [-0.2, -0.15) is 0 Å². The van der Waals surface area contributed by atoms with E-state index in [4.69, 9.17) is 0 Å². The number of nitrogens with one attached hydrogen (secondary N) is 1. The zero-order valence-electron chi connectivity index (χ0n) is 7.24. The van der Waals surface area contributed by atoms with Crippen LogP contribution in [-0.4, -0.2) is 27.8 Å². The van der Waals surface area contributed by atoms with Crippen LogP contribution in [-0.2, 0) is 6.42 Å². The molecule has 1 heterocycles. The molecular weight excluding hydrogens is 186 g/mol. The Bertz CT molecular complexity index is 414. The summed E-state index contributed by atoms with van der Waals surface area (Å²) >= 11 is 0. The van der Waals surface area contributed by atoms with E-state index < -0.39 is 17.2 Å². The minimum atomic E-state index is -0.571. The Kier molecular flexibility index (Phi) is 1.73. The predicted octanol–water partition coefficient (Wildman–Crippen LogP) is 0.0893. The molecule has 74 valence electrons. The van der Waals surface area contributed by atoms with Crippen molar-refractivity contribution in [2.75, 3.05) is 6.54 Å². The summed E-state index contributed by atoms with van der Waals surface area (Å²) < 4.78 is 0. The molecule has 1 aromatic carbocycles. The number of amides is 1. The summed E-state index contributed by atoms with van der Waals surface area (Å²) in [6.45, 7) is 0.420. The number of hydrogen-bond donors (Lipinski definition) is 4. The lowest BCUT2D eigenvalue weighted by Crippen LogP contribution is -2.31. The fraction of sp³-hybridized carbons (Fsp3) is 0.222. The van der Waals surface area contributed by atoms with Crippen LogP contribution in [0.1, 0.15) is 15.9 Å². The van der Waals surface area contributed by atoms with E-state index >= 15 is 0 Å². The second-order valence-corrected chi connectivity index (χ2v) is 3.12. The van der Waals surface area contributed by atoms with Crippen molar-refractivity contribution in [1.29, 1.82) is 0 Å². The van der Waals surface area contributed by atoms with Gasteiger partial charge in [-0.05, 0) is 12.5 Å². The molecule has 0 saturated heterocycles. The number of carbonyl (C=O) groups excluding carboxylic acids is 1. The molecule has 0 unspecified atom stereocenters. The maximum atomic E-state index is 11.3. The highest BCUT2D eigenvalue weighted by molar-refractivity contribution is 5.98. The number of fused-ring (bicyclic) bond motifs is 1. The van der Waals surface area contributed by atoms with Crippen LogP contribution in [0.4, 0.5) is 0 Å². The predicted molar refractivity (Wildman–Crippen MR) is 47.5 cm³/mol. The summed E-state index contributed by atoms with van der Waals surface area (Å²) in [5, 5.41) is 30.4. The molecule has 1 aliphatic heterocycles. The number of phenolic OH excluding ortho intramolecular Hbond substituents is 3. The highest BCUT2D eigenvalue weighted by Gasteiger charge is 2.23. The minimum absolute atomic E-state index is 0.212. The molecule has 1 aromatic rings. The molecule has 0 aliphatic carbocycles. The van der Waals surface area contributed by atoms with E-state index in [9.17, 15) is 20.1 Å². The van der Waals surface area contributed by atoms with E-state index in [0.717, 1.165) is 6.07 Å². The Hall–Kier alpha value is -1.91. The van der Waals surface area contributed by atoms with E-state index in [2.05, 4.69) is 5.32 Å². The standard InChI is InChI=1S/C9H9NO4/c11-6-3-5-4(7(12)8(6)13)1-2-10-9(5)14/h3,11-13H,1-2H2,(H,10,14). The lowest BCUT2D eigenvalue weighted by molar-refractivity contribution is 0.0944. The number of benzene rings is 1. The molecule has 0 spiro atoms. The van der Waals surface area contributed by atoms with Crippen LogP contribution < -0.4 is 5.32 Å². The number of aromatic hydroxyl groups is 3.